The Labute approximate surface area is 143 Å². The lowest BCUT2D eigenvalue weighted by atomic mass is 10.0. The minimum atomic E-state index is 0.224. The highest BCUT2D eigenvalue weighted by Crippen LogP contribution is 2.36. The van der Waals surface area contributed by atoms with Crippen molar-refractivity contribution in [1.29, 1.82) is 0 Å². The summed E-state index contributed by atoms with van der Waals surface area (Å²) in [6.45, 7) is 13.0. The Morgan fingerprint density at radius 3 is 2.45 bits per heavy atom. The van der Waals surface area contributed by atoms with Crippen LogP contribution in [-0.4, -0.2) is 42.4 Å². The van der Waals surface area contributed by atoms with E-state index >= 15 is 0 Å². The Kier molecular flexibility index (Phi) is 7.95. The van der Waals surface area contributed by atoms with Gasteiger partial charge in [0.1, 0.15) is 0 Å². The van der Waals surface area contributed by atoms with Crippen molar-refractivity contribution in [3.05, 3.63) is 36.0 Å². The summed E-state index contributed by atoms with van der Waals surface area (Å²) < 4.78 is 0. The molecule has 1 fully saturated rings. The van der Waals surface area contributed by atoms with Crippen LogP contribution in [0.15, 0.2) is 36.0 Å². The van der Waals surface area contributed by atoms with Crippen molar-refractivity contribution in [2.45, 2.75) is 63.9 Å². The second-order valence-corrected chi connectivity index (χ2v) is 7.13. The molecular weight excluding hydrogens is 288 g/mol. The average molecular weight is 323 g/mol. The van der Waals surface area contributed by atoms with Crippen LogP contribution >= 0.6 is 12.6 Å². The normalized spacial score (nSPS) is 26.3. The monoisotopic (exact) mass is 322 g/mol. The van der Waals surface area contributed by atoms with E-state index in [1.54, 1.807) is 0 Å². The lowest BCUT2D eigenvalue weighted by Crippen LogP contribution is -2.39. The molecule has 1 aliphatic rings. The number of hydrogen-bond acceptors (Lipinski definition) is 3. The molecule has 0 bridgehead atoms. The van der Waals surface area contributed by atoms with Gasteiger partial charge in [-0.05, 0) is 57.8 Å². The van der Waals surface area contributed by atoms with Gasteiger partial charge in [-0.1, -0.05) is 38.7 Å². The van der Waals surface area contributed by atoms with Gasteiger partial charge in [-0.15, -0.1) is 0 Å². The molecular formula is C19H34N2S. The number of rotatable bonds is 9. The zero-order valence-corrected chi connectivity index (χ0v) is 16.0. The lowest BCUT2D eigenvalue weighted by Gasteiger charge is -2.30. The second-order valence-electron chi connectivity index (χ2n) is 6.58. The number of allylic oxidation sites excluding steroid dienone is 2. The molecule has 0 radical (unpaired) electrons. The standard InChI is InChI=1S/C19H34N2S/c1-8-16(11-10-13(3)17(9-2)20-6)19(22)15(5)21(7)18-12-14(18)4/h8,10-11,14-15,17-20,22H,3,9,12H2,1-2,4-7H3/b11-10-,16-8+/t14?,15?,17-,18?,19?/m0/s1. The number of likely N-dealkylation sites (N-methyl/N-ethyl adjacent to an activating group) is 1. The second kappa shape index (κ2) is 8.95. The third-order valence-corrected chi connectivity index (χ3v) is 5.79. The maximum Gasteiger partial charge on any atom is 0.0416 e. The fourth-order valence-electron chi connectivity index (χ4n) is 3.01. The smallest absolute Gasteiger partial charge is 0.0416 e. The molecule has 126 valence electrons. The van der Waals surface area contributed by atoms with Crippen LogP contribution in [-0.2, 0) is 0 Å². The van der Waals surface area contributed by atoms with Crippen molar-refractivity contribution in [3.63, 3.8) is 0 Å². The quantitative estimate of drug-likeness (QED) is 0.491. The number of thiol groups is 1. The average Bonchev–Trinajstić information content (AvgIpc) is 3.24. The molecule has 1 saturated carbocycles. The van der Waals surface area contributed by atoms with E-state index in [1.165, 1.54) is 12.0 Å². The first kappa shape index (κ1) is 19.5. The summed E-state index contributed by atoms with van der Waals surface area (Å²) in [7, 11) is 4.21. The molecule has 0 heterocycles. The third kappa shape index (κ3) is 5.00. The fraction of sp³-hybridized carbons (Fsp3) is 0.684. The van der Waals surface area contributed by atoms with Crippen LogP contribution in [0.5, 0.6) is 0 Å². The van der Waals surface area contributed by atoms with Crippen LogP contribution in [0.1, 0.15) is 40.5 Å². The van der Waals surface area contributed by atoms with Crippen LogP contribution in [0.3, 0.4) is 0 Å². The summed E-state index contributed by atoms with van der Waals surface area (Å²) in [5.41, 5.74) is 2.39. The van der Waals surface area contributed by atoms with Gasteiger partial charge in [-0.2, -0.15) is 12.6 Å². The molecule has 0 spiro atoms. The van der Waals surface area contributed by atoms with E-state index in [0.717, 1.165) is 24.0 Å². The van der Waals surface area contributed by atoms with Crippen molar-refractivity contribution < 1.29 is 0 Å². The first-order chi connectivity index (χ1) is 10.4. The minimum absolute atomic E-state index is 0.224. The van der Waals surface area contributed by atoms with Crippen LogP contribution in [0.4, 0.5) is 0 Å². The van der Waals surface area contributed by atoms with Crippen LogP contribution in [0, 0.1) is 5.92 Å². The molecule has 1 aliphatic carbocycles. The van der Waals surface area contributed by atoms with Gasteiger partial charge in [0, 0.05) is 23.4 Å². The predicted molar refractivity (Wildman–Crippen MR) is 103 cm³/mol. The molecule has 0 saturated heterocycles. The molecule has 0 aromatic carbocycles. The van der Waals surface area contributed by atoms with E-state index in [4.69, 9.17) is 12.6 Å². The van der Waals surface area contributed by atoms with Crippen molar-refractivity contribution in [2.75, 3.05) is 14.1 Å². The molecule has 3 heteroatoms. The van der Waals surface area contributed by atoms with Gasteiger partial charge in [-0.25, -0.2) is 0 Å². The van der Waals surface area contributed by atoms with Gasteiger partial charge in [-0.3, -0.25) is 4.90 Å². The lowest BCUT2D eigenvalue weighted by molar-refractivity contribution is 0.242. The molecule has 0 amide bonds. The van der Waals surface area contributed by atoms with Gasteiger partial charge in [0.05, 0.1) is 0 Å². The van der Waals surface area contributed by atoms with E-state index in [1.807, 2.05) is 7.05 Å². The molecule has 1 rings (SSSR count). The number of nitrogens with one attached hydrogen (secondary N) is 1. The van der Waals surface area contributed by atoms with Crippen molar-refractivity contribution in [3.8, 4) is 0 Å². The first-order valence-electron chi connectivity index (χ1n) is 8.47. The third-order valence-electron chi connectivity index (χ3n) is 5.06. The van der Waals surface area contributed by atoms with Gasteiger partial charge in [0.15, 0.2) is 0 Å². The van der Waals surface area contributed by atoms with E-state index < -0.39 is 0 Å². The van der Waals surface area contributed by atoms with Crippen molar-refractivity contribution >= 4 is 12.6 Å². The number of hydrogen-bond donors (Lipinski definition) is 2. The van der Waals surface area contributed by atoms with Crippen LogP contribution < -0.4 is 5.32 Å². The molecule has 2 nitrogen and oxygen atoms in total. The molecule has 0 aliphatic heterocycles. The van der Waals surface area contributed by atoms with Crippen molar-refractivity contribution in [1.82, 2.24) is 10.2 Å². The van der Waals surface area contributed by atoms with Crippen LogP contribution in [0.25, 0.3) is 0 Å². The fourth-order valence-corrected chi connectivity index (χ4v) is 3.46. The van der Waals surface area contributed by atoms with Gasteiger partial charge in [0.2, 0.25) is 0 Å². The summed E-state index contributed by atoms with van der Waals surface area (Å²) in [6, 6.07) is 1.50. The Bertz CT molecular complexity index is 423. The summed E-state index contributed by atoms with van der Waals surface area (Å²) in [5, 5.41) is 3.52. The topological polar surface area (TPSA) is 15.3 Å². The van der Waals surface area contributed by atoms with Gasteiger partial charge < -0.3 is 5.32 Å². The predicted octanol–water partition coefficient (Wildman–Crippen LogP) is 4.07. The van der Waals surface area contributed by atoms with E-state index in [0.29, 0.717) is 12.1 Å². The van der Waals surface area contributed by atoms with E-state index in [2.05, 4.69) is 69.8 Å². The molecule has 5 atom stereocenters. The number of nitrogens with zero attached hydrogens (tertiary/aromatic N) is 1. The van der Waals surface area contributed by atoms with E-state index in [-0.39, 0.29) is 5.25 Å². The molecule has 0 aromatic heterocycles. The maximum atomic E-state index is 4.88. The Morgan fingerprint density at radius 2 is 2.05 bits per heavy atom. The zero-order valence-electron chi connectivity index (χ0n) is 15.1. The highest BCUT2D eigenvalue weighted by atomic mass is 32.1. The largest absolute Gasteiger partial charge is 0.313 e. The molecule has 0 aromatic rings. The Morgan fingerprint density at radius 1 is 1.45 bits per heavy atom. The molecule has 1 N–H and O–H groups in total. The zero-order chi connectivity index (χ0) is 16.9. The maximum absolute atomic E-state index is 4.88. The summed E-state index contributed by atoms with van der Waals surface area (Å²) in [6.07, 6.45) is 8.85. The van der Waals surface area contributed by atoms with Crippen LogP contribution in [0.2, 0.25) is 0 Å². The minimum Gasteiger partial charge on any atom is -0.313 e. The molecule has 22 heavy (non-hydrogen) atoms. The Balaban J connectivity index is 2.68. The summed E-state index contributed by atoms with van der Waals surface area (Å²) >= 11 is 4.88. The van der Waals surface area contributed by atoms with Gasteiger partial charge >= 0.3 is 0 Å². The van der Waals surface area contributed by atoms with Gasteiger partial charge in [0.25, 0.3) is 0 Å². The summed E-state index contributed by atoms with van der Waals surface area (Å²) in [4.78, 5) is 2.48. The first-order valence-corrected chi connectivity index (χ1v) is 8.99. The molecule has 4 unspecified atom stereocenters. The van der Waals surface area contributed by atoms with E-state index in [9.17, 15) is 0 Å². The highest BCUT2D eigenvalue weighted by molar-refractivity contribution is 7.81. The van der Waals surface area contributed by atoms with Crippen molar-refractivity contribution in [2.24, 2.45) is 5.92 Å². The summed E-state index contributed by atoms with van der Waals surface area (Å²) in [5.74, 6) is 0.832. The highest BCUT2D eigenvalue weighted by Gasteiger charge is 2.39. The SMILES string of the molecule is C=C(/C=C\C(=C/C)C(S)C(C)N(C)C1CC1C)[C@H](CC)NC. The Hall–Kier alpha value is -0.510.